The minimum Gasteiger partial charge on any atom is -0.507 e. The highest BCUT2D eigenvalue weighted by atomic mass is 16.6. The van der Waals surface area contributed by atoms with Gasteiger partial charge >= 0.3 is 0 Å². The van der Waals surface area contributed by atoms with Gasteiger partial charge in [-0.05, 0) is 31.5 Å². The number of carbonyl (C=O) groups is 1. The van der Waals surface area contributed by atoms with Gasteiger partial charge in [0.2, 0.25) is 0 Å². The van der Waals surface area contributed by atoms with Crippen molar-refractivity contribution in [2.24, 2.45) is 0 Å². The van der Waals surface area contributed by atoms with E-state index in [0.717, 1.165) is 23.8 Å². The zero-order valence-corrected chi connectivity index (χ0v) is 12.8. The summed E-state index contributed by atoms with van der Waals surface area (Å²) in [6.45, 7) is 4.03. The summed E-state index contributed by atoms with van der Waals surface area (Å²) in [5, 5.41) is 20.8. The average molecular weight is 315 g/mol. The molecular weight excluding hydrogens is 298 g/mol. The van der Waals surface area contributed by atoms with Crippen molar-refractivity contribution < 1.29 is 14.8 Å². The molecule has 0 bridgehead atoms. The van der Waals surface area contributed by atoms with Crippen LogP contribution in [0.1, 0.15) is 35.8 Å². The van der Waals surface area contributed by atoms with Crippen LogP contribution in [0.25, 0.3) is 0 Å². The molecule has 7 heteroatoms. The quantitative estimate of drug-likeness (QED) is 0.676. The minimum atomic E-state index is -0.600. The van der Waals surface area contributed by atoms with Crippen molar-refractivity contribution >= 4 is 11.6 Å². The number of rotatable bonds is 5. The normalized spacial score (nSPS) is 11.7. The number of aromatic hydroxyl groups is 1. The van der Waals surface area contributed by atoms with E-state index in [4.69, 9.17) is 0 Å². The van der Waals surface area contributed by atoms with Crippen LogP contribution in [-0.4, -0.2) is 32.4 Å². The van der Waals surface area contributed by atoms with Gasteiger partial charge in [0.15, 0.2) is 0 Å². The van der Waals surface area contributed by atoms with Gasteiger partial charge in [-0.1, -0.05) is 6.07 Å². The Morgan fingerprint density at radius 1 is 1.43 bits per heavy atom. The highest BCUT2D eigenvalue weighted by Gasteiger charge is 2.25. The first-order chi connectivity index (χ1) is 11.0. The second-order valence-corrected chi connectivity index (χ2v) is 5.01. The number of nitro groups is 1. The van der Waals surface area contributed by atoms with Crippen LogP contribution in [0.3, 0.4) is 0 Å². The van der Waals surface area contributed by atoms with Gasteiger partial charge in [0, 0.05) is 31.1 Å². The Balaban J connectivity index is 2.37. The lowest BCUT2D eigenvalue weighted by atomic mass is 10.1. The Labute approximate surface area is 133 Å². The topological polar surface area (TPSA) is 96.6 Å². The van der Waals surface area contributed by atoms with Gasteiger partial charge in [-0.15, -0.1) is 0 Å². The molecule has 1 N–H and O–H groups in total. The van der Waals surface area contributed by atoms with E-state index in [1.807, 2.05) is 13.0 Å². The largest absolute Gasteiger partial charge is 0.507 e. The van der Waals surface area contributed by atoms with Crippen molar-refractivity contribution in [2.75, 3.05) is 6.54 Å². The zero-order chi connectivity index (χ0) is 17.0. The van der Waals surface area contributed by atoms with Crippen LogP contribution < -0.4 is 0 Å². The molecule has 1 aromatic heterocycles. The molecule has 120 valence electrons. The fourth-order valence-electron chi connectivity index (χ4n) is 2.36. The van der Waals surface area contributed by atoms with Crippen molar-refractivity contribution in [3.05, 3.63) is 64.0 Å². The van der Waals surface area contributed by atoms with Gasteiger partial charge in [-0.25, -0.2) is 0 Å². The van der Waals surface area contributed by atoms with Crippen LogP contribution in [-0.2, 0) is 0 Å². The van der Waals surface area contributed by atoms with Crippen LogP contribution in [0.2, 0.25) is 0 Å². The number of hydrogen-bond acceptors (Lipinski definition) is 5. The molecule has 1 amide bonds. The van der Waals surface area contributed by atoms with Crippen LogP contribution in [0, 0.1) is 10.1 Å². The molecule has 0 radical (unpaired) electrons. The number of carbonyl (C=O) groups excluding carboxylic acids is 1. The number of aromatic nitrogens is 1. The molecule has 1 atom stereocenters. The van der Waals surface area contributed by atoms with Gasteiger partial charge in [-0.3, -0.25) is 19.9 Å². The SMILES string of the molecule is CCN(C(=O)c1cc([N+](=O)[O-])ccc1O)[C@@H](C)c1cccnc1. The van der Waals surface area contributed by atoms with Crippen LogP contribution in [0.5, 0.6) is 5.75 Å². The van der Waals surface area contributed by atoms with Crippen molar-refractivity contribution in [1.82, 2.24) is 9.88 Å². The predicted octanol–water partition coefficient (Wildman–Crippen LogP) is 2.92. The molecule has 0 saturated carbocycles. The van der Waals surface area contributed by atoms with Gasteiger partial charge in [-0.2, -0.15) is 0 Å². The Kier molecular flexibility index (Phi) is 4.90. The Morgan fingerprint density at radius 2 is 2.17 bits per heavy atom. The number of nitro benzene ring substituents is 1. The first-order valence-corrected chi connectivity index (χ1v) is 7.14. The average Bonchev–Trinajstić information content (AvgIpc) is 2.56. The second-order valence-electron chi connectivity index (χ2n) is 5.01. The monoisotopic (exact) mass is 315 g/mol. The number of phenols is 1. The van der Waals surface area contributed by atoms with E-state index in [0.29, 0.717) is 6.54 Å². The maximum absolute atomic E-state index is 12.7. The zero-order valence-electron chi connectivity index (χ0n) is 12.8. The molecule has 0 saturated heterocycles. The first-order valence-electron chi connectivity index (χ1n) is 7.14. The lowest BCUT2D eigenvalue weighted by Crippen LogP contribution is -2.33. The van der Waals surface area contributed by atoms with Crippen LogP contribution >= 0.6 is 0 Å². The minimum absolute atomic E-state index is 0.0863. The molecule has 1 aromatic carbocycles. The molecule has 0 spiro atoms. The molecule has 0 aliphatic carbocycles. The lowest BCUT2D eigenvalue weighted by molar-refractivity contribution is -0.384. The Bertz CT molecular complexity index is 719. The summed E-state index contributed by atoms with van der Waals surface area (Å²) >= 11 is 0. The standard InChI is InChI=1S/C16H17N3O4/c1-3-18(11(2)12-5-4-8-17-10-12)16(21)14-9-13(19(22)23)6-7-15(14)20/h4-11,20H,3H2,1-2H3/t11-/m0/s1. The summed E-state index contributed by atoms with van der Waals surface area (Å²) in [5.41, 5.74) is 0.514. The van der Waals surface area contributed by atoms with E-state index in [9.17, 15) is 20.0 Å². The number of phenolic OH excluding ortho intramolecular Hbond substituents is 1. The number of nitrogens with zero attached hydrogens (tertiary/aromatic N) is 3. The lowest BCUT2D eigenvalue weighted by Gasteiger charge is -2.28. The van der Waals surface area contributed by atoms with Gasteiger partial charge < -0.3 is 10.0 Å². The molecule has 0 aliphatic heterocycles. The van der Waals surface area contributed by atoms with Gasteiger partial charge in [0.25, 0.3) is 11.6 Å². The molecule has 2 aromatic rings. The van der Waals surface area contributed by atoms with Gasteiger partial charge in [0.05, 0.1) is 16.5 Å². The number of amides is 1. The molecule has 23 heavy (non-hydrogen) atoms. The predicted molar refractivity (Wildman–Crippen MR) is 84.1 cm³/mol. The van der Waals surface area contributed by atoms with Gasteiger partial charge in [0.1, 0.15) is 5.75 Å². The molecule has 1 heterocycles. The summed E-state index contributed by atoms with van der Waals surface area (Å²) in [6, 6.07) is 6.76. The number of pyridine rings is 1. The molecule has 0 aliphatic rings. The first kappa shape index (κ1) is 16.4. The summed E-state index contributed by atoms with van der Waals surface area (Å²) < 4.78 is 0. The van der Waals surface area contributed by atoms with Crippen LogP contribution in [0.15, 0.2) is 42.7 Å². The Hall–Kier alpha value is -2.96. The highest BCUT2D eigenvalue weighted by Crippen LogP contribution is 2.28. The molecule has 0 fully saturated rings. The van der Waals surface area contributed by atoms with Crippen molar-refractivity contribution in [1.29, 1.82) is 0 Å². The van der Waals surface area contributed by atoms with E-state index in [2.05, 4.69) is 4.98 Å². The fraction of sp³-hybridized carbons (Fsp3) is 0.250. The third kappa shape index (κ3) is 3.45. The highest BCUT2D eigenvalue weighted by molar-refractivity contribution is 5.97. The van der Waals surface area contributed by atoms with Crippen molar-refractivity contribution in [3.63, 3.8) is 0 Å². The summed E-state index contributed by atoms with van der Waals surface area (Å²) in [4.78, 5) is 28.5. The molecule has 2 rings (SSSR count). The van der Waals surface area contributed by atoms with E-state index in [-0.39, 0.29) is 23.0 Å². The maximum atomic E-state index is 12.7. The second kappa shape index (κ2) is 6.87. The summed E-state index contributed by atoms with van der Waals surface area (Å²) in [6.07, 6.45) is 3.30. The molecular formula is C16H17N3O4. The van der Waals surface area contributed by atoms with E-state index < -0.39 is 10.8 Å². The molecule has 7 nitrogen and oxygen atoms in total. The Morgan fingerprint density at radius 3 is 2.74 bits per heavy atom. The summed E-state index contributed by atoms with van der Waals surface area (Å²) in [7, 11) is 0. The third-order valence-corrected chi connectivity index (χ3v) is 3.66. The van der Waals surface area contributed by atoms with Crippen molar-refractivity contribution in [2.45, 2.75) is 19.9 Å². The van der Waals surface area contributed by atoms with E-state index in [1.165, 1.54) is 4.90 Å². The fourth-order valence-corrected chi connectivity index (χ4v) is 2.36. The van der Waals surface area contributed by atoms with Crippen LogP contribution in [0.4, 0.5) is 5.69 Å². The number of benzene rings is 1. The maximum Gasteiger partial charge on any atom is 0.270 e. The third-order valence-electron chi connectivity index (χ3n) is 3.66. The summed E-state index contributed by atoms with van der Waals surface area (Å²) in [5.74, 6) is -0.748. The number of non-ortho nitro benzene ring substituents is 1. The van der Waals surface area contributed by atoms with E-state index in [1.54, 1.807) is 25.4 Å². The van der Waals surface area contributed by atoms with E-state index >= 15 is 0 Å². The van der Waals surface area contributed by atoms with Crippen molar-refractivity contribution in [3.8, 4) is 5.75 Å². The molecule has 0 unspecified atom stereocenters. The number of hydrogen-bond donors (Lipinski definition) is 1. The smallest absolute Gasteiger partial charge is 0.270 e.